The van der Waals surface area contributed by atoms with E-state index in [9.17, 15) is 9.59 Å². The average molecular weight is 462 g/mol. The van der Waals surface area contributed by atoms with Gasteiger partial charge in [-0.3, -0.25) is 9.59 Å². The number of carbonyl (C=O) groups excluding carboxylic acids is 2. The SMILES string of the molecule is CCOc1cccc(NC2=C(c3ccc(Cl)cc3)C(=O)N(c3cccc(N(C)C)c3)C2=O)c1. The lowest BCUT2D eigenvalue weighted by Crippen LogP contribution is -2.32. The van der Waals surface area contributed by atoms with E-state index in [1.54, 1.807) is 36.4 Å². The maximum atomic E-state index is 13.6. The number of carbonyl (C=O) groups is 2. The number of hydrogen-bond donors (Lipinski definition) is 1. The molecule has 0 saturated heterocycles. The molecule has 1 heterocycles. The molecular weight excluding hydrogens is 438 g/mol. The number of nitrogens with one attached hydrogen (secondary N) is 1. The average Bonchev–Trinajstić information content (AvgIpc) is 3.04. The van der Waals surface area contributed by atoms with Gasteiger partial charge < -0.3 is 15.0 Å². The molecule has 168 valence electrons. The van der Waals surface area contributed by atoms with Gasteiger partial charge in [-0.2, -0.15) is 0 Å². The van der Waals surface area contributed by atoms with E-state index in [2.05, 4.69) is 5.32 Å². The van der Waals surface area contributed by atoms with Crippen LogP contribution in [0, 0.1) is 0 Å². The van der Waals surface area contributed by atoms with Gasteiger partial charge in [-0.15, -0.1) is 0 Å². The Morgan fingerprint density at radius 1 is 0.939 bits per heavy atom. The fraction of sp³-hybridized carbons (Fsp3) is 0.154. The second-order valence-corrected chi connectivity index (χ2v) is 8.14. The third-order valence-corrected chi connectivity index (χ3v) is 5.49. The Balaban J connectivity index is 1.79. The molecule has 0 saturated carbocycles. The summed E-state index contributed by atoms with van der Waals surface area (Å²) in [5.74, 6) is -0.159. The molecule has 0 fully saturated rings. The largest absolute Gasteiger partial charge is 0.494 e. The smallest absolute Gasteiger partial charge is 0.282 e. The normalized spacial score (nSPS) is 13.5. The molecule has 2 amide bonds. The first-order chi connectivity index (χ1) is 15.9. The standard InChI is InChI=1S/C26H24ClN3O3/c1-4-33-22-10-5-7-19(15-22)28-24-23(17-11-13-18(27)14-12-17)25(31)30(26(24)32)21-9-6-8-20(16-21)29(2)3/h5-16,28H,4H2,1-3H3. The molecule has 0 bridgehead atoms. The maximum absolute atomic E-state index is 13.6. The lowest BCUT2D eigenvalue weighted by Gasteiger charge is -2.19. The Kier molecular flexibility index (Phi) is 6.38. The first-order valence-corrected chi connectivity index (χ1v) is 10.9. The molecule has 1 aliphatic heterocycles. The topological polar surface area (TPSA) is 61.9 Å². The monoisotopic (exact) mass is 461 g/mol. The van der Waals surface area contributed by atoms with Crippen LogP contribution in [0.3, 0.4) is 0 Å². The second kappa shape index (κ2) is 9.38. The minimum absolute atomic E-state index is 0.200. The van der Waals surface area contributed by atoms with Crippen molar-refractivity contribution >= 4 is 46.1 Å². The Hall–Kier alpha value is -3.77. The van der Waals surface area contributed by atoms with Gasteiger partial charge in [-0.05, 0) is 55.0 Å². The molecule has 0 unspecified atom stereocenters. The summed E-state index contributed by atoms with van der Waals surface area (Å²) < 4.78 is 5.57. The van der Waals surface area contributed by atoms with Crippen molar-refractivity contribution in [3.8, 4) is 5.75 Å². The quantitative estimate of drug-likeness (QED) is 0.490. The van der Waals surface area contributed by atoms with E-state index in [-0.39, 0.29) is 11.3 Å². The zero-order valence-corrected chi connectivity index (χ0v) is 19.4. The van der Waals surface area contributed by atoms with Crippen LogP contribution in [0.1, 0.15) is 12.5 Å². The van der Waals surface area contributed by atoms with Crippen LogP contribution in [0.25, 0.3) is 5.57 Å². The zero-order valence-electron chi connectivity index (χ0n) is 18.6. The maximum Gasteiger partial charge on any atom is 0.282 e. The fourth-order valence-corrected chi connectivity index (χ4v) is 3.78. The lowest BCUT2D eigenvalue weighted by molar-refractivity contribution is -0.120. The van der Waals surface area contributed by atoms with Crippen LogP contribution in [0.2, 0.25) is 5.02 Å². The van der Waals surface area contributed by atoms with Gasteiger partial charge >= 0.3 is 0 Å². The third kappa shape index (κ3) is 4.56. The van der Waals surface area contributed by atoms with Gasteiger partial charge in [-0.1, -0.05) is 35.9 Å². The number of anilines is 3. The van der Waals surface area contributed by atoms with E-state index < -0.39 is 11.8 Å². The van der Waals surface area contributed by atoms with Crippen molar-refractivity contribution in [2.75, 3.05) is 35.8 Å². The molecule has 0 aromatic heterocycles. The number of benzene rings is 3. The number of nitrogens with zero attached hydrogens (tertiary/aromatic N) is 2. The van der Waals surface area contributed by atoms with Crippen molar-refractivity contribution in [3.05, 3.63) is 89.1 Å². The summed E-state index contributed by atoms with van der Waals surface area (Å²) in [5, 5.41) is 3.71. The molecule has 0 atom stereocenters. The van der Waals surface area contributed by atoms with Gasteiger partial charge in [0, 0.05) is 36.6 Å². The highest BCUT2D eigenvalue weighted by molar-refractivity contribution is 6.46. The highest BCUT2D eigenvalue weighted by Gasteiger charge is 2.40. The highest BCUT2D eigenvalue weighted by Crippen LogP contribution is 2.35. The van der Waals surface area contributed by atoms with Gasteiger partial charge in [0.1, 0.15) is 11.4 Å². The number of imide groups is 1. The van der Waals surface area contributed by atoms with E-state index in [4.69, 9.17) is 16.3 Å². The molecule has 0 spiro atoms. The van der Waals surface area contributed by atoms with Crippen LogP contribution in [0.4, 0.5) is 17.1 Å². The van der Waals surface area contributed by atoms with Gasteiger partial charge in [0.15, 0.2) is 0 Å². The Morgan fingerprint density at radius 2 is 1.67 bits per heavy atom. The van der Waals surface area contributed by atoms with Crippen molar-refractivity contribution in [1.29, 1.82) is 0 Å². The molecule has 7 heteroatoms. The first-order valence-electron chi connectivity index (χ1n) is 10.6. The predicted octanol–water partition coefficient (Wildman–Crippen LogP) is 5.20. The van der Waals surface area contributed by atoms with E-state index in [1.807, 2.05) is 62.3 Å². The summed E-state index contributed by atoms with van der Waals surface area (Å²) in [6.07, 6.45) is 0. The lowest BCUT2D eigenvalue weighted by atomic mass is 10.0. The molecule has 33 heavy (non-hydrogen) atoms. The first kappa shape index (κ1) is 22.4. The van der Waals surface area contributed by atoms with E-state index in [0.29, 0.717) is 34.3 Å². The molecule has 0 aliphatic carbocycles. The minimum Gasteiger partial charge on any atom is -0.494 e. The third-order valence-electron chi connectivity index (χ3n) is 5.24. The molecule has 1 N–H and O–H groups in total. The van der Waals surface area contributed by atoms with Gasteiger partial charge in [-0.25, -0.2) is 4.90 Å². The summed E-state index contributed by atoms with van der Waals surface area (Å²) in [7, 11) is 3.81. The molecule has 6 nitrogen and oxygen atoms in total. The van der Waals surface area contributed by atoms with Crippen LogP contribution in [0.5, 0.6) is 5.75 Å². The fourth-order valence-electron chi connectivity index (χ4n) is 3.65. The van der Waals surface area contributed by atoms with Crippen molar-refractivity contribution in [1.82, 2.24) is 0 Å². The zero-order chi connectivity index (χ0) is 23.5. The number of amides is 2. The Labute approximate surface area is 198 Å². The van der Waals surface area contributed by atoms with Crippen LogP contribution >= 0.6 is 11.6 Å². The van der Waals surface area contributed by atoms with Crippen molar-refractivity contribution < 1.29 is 14.3 Å². The summed E-state index contributed by atoms with van der Waals surface area (Å²) in [6, 6.07) is 21.5. The number of rotatable bonds is 7. The van der Waals surface area contributed by atoms with Gasteiger partial charge in [0.25, 0.3) is 11.8 Å². The van der Waals surface area contributed by atoms with Crippen LogP contribution in [-0.2, 0) is 9.59 Å². The van der Waals surface area contributed by atoms with Gasteiger partial charge in [0.05, 0.1) is 17.9 Å². The summed E-state index contributed by atoms with van der Waals surface area (Å²) in [4.78, 5) is 30.3. The molecule has 1 aliphatic rings. The van der Waals surface area contributed by atoms with Crippen molar-refractivity contribution in [2.24, 2.45) is 0 Å². The van der Waals surface area contributed by atoms with E-state index >= 15 is 0 Å². The van der Waals surface area contributed by atoms with Crippen LogP contribution < -0.4 is 19.9 Å². The molecular formula is C26H24ClN3O3. The van der Waals surface area contributed by atoms with Crippen LogP contribution in [0.15, 0.2) is 78.5 Å². The Morgan fingerprint density at radius 3 is 2.36 bits per heavy atom. The number of halogens is 1. The Bertz CT molecular complexity index is 1240. The summed E-state index contributed by atoms with van der Waals surface area (Å²) in [6.45, 7) is 2.43. The molecule has 4 rings (SSSR count). The number of hydrogen-bond acceptors (Lipinski definition) is 5. The van der Waals surface area contributed by atoms with Crippen molar-refractivity contribution in [3.63, 3.8) is 0 Å². The second-order valence-electron chi connectivity index (χ2n) is 7.70. The molecule has 3 aromatic carbocycles. The minimum atomic E-state index is -0.428. The molecule has 0 radical (unpaired) electrons. The predicted molar refractivity (Wildman–Crippen MR) is 133 cm³/mol. The van der Waals surface area contributed by atoms with Gasteiger partial charge in [0.2, 0.25) is 0 Å². The highest BCUT2D eigenvalue weighted by atomic mass is 35.5. The van der Waals surface area contributed by atoms with E-state index in [0.717, 1.165) is 5.69 Å². The van der Waals surface area contributed by atoms with Crippen LogP contribution in [-0.4, -0.2) is 32.5 Å². The summed E-state index contributed by atoms with van der Waals surface area (Å²) in [5.41, 5.74) is 3.12. The van der Waals surface area contributed by atoms with Crippen molar-refractivity contribution in [2.45, 2.75) is 6.92 Å². The molecule has 3 aromatic rings. The summed E-state index contributed by atoms with van der Waals surface area (Å²) >= 11 is 6.06. The van der Waals surface area contributed by atoms with E-state index in [1.165, 1.54) is 4.90 Å². The number of ether oxygens (including phenoxy) is 1.